The summed E-state index contributed by atoms with van der Waals surface area (Å²) in [4.78, 5) is 38.6. The lowest BCUT2D eigenvalue weighted by Gasteiger charge is -2.21. The molecule has 0 spiro atoms. The van der Waals surface area contributed by atoms with E-state index in [1.165, 1.54) is 23.3 Å². The van der Waals surface area contributed by atoms with Crippen LogP contribution in [0, 0.1) is 6.92 Å². The summed E-state index contributed by atoms with van der Waals surface area (Å²) in [6.07, 6.45) is 1.53. The summed E-state index contributed by atoms with van der Waals surface area (Å²) in [6.45, 7) is 1.65. The Morgan fingerprint density at radius 1 is 1.12 bits per heavy atom. The lowest BCUT2D eigenvalue weighted by Crippen LogP contribution is -2.33. The van der Waals surface area contributed by atoms with E-state index in [0.29, 0.717) is 28.0 Å². The molecular formula is C25H21ClN2O6. The van der Waals surface area contributed by atoms with Crippen molar-refractivity contribution in [3.8, 4) is 5.75 Å². The summed E-state index contributed by atoms with van der Waals surface area (Å²) in [5.74, 6) is 0.0554. The molecule has 0 fully saturated rings. The Kier molecular flexibility index (Phi) is 6.70. The third-order valence-corrected chi connectivity index (χ3v) is 5.54. The predicted molar refractivity (Wildman–Crippen MR) is 127 cm³/mol. The quantitative estimate of drug-likeness (QED) is 0.395. The Morgan fingerprint density at radius 2 is 1.91 bits per heavy atom. The summed E-state index contributed by atoms with van der Waals surface area (Å²) in [6, 6.07) is 14.7. The van der Waals surface area contributed by atoms with E-state index in [4.69, 9.17) is 25.2 Å². The Bertz CT molecular complexity index is 1410. The summed E-state index contributed by atoms with van der Waals surface area (Å²) in [7, 11) is 1.55. The molecule has 4 rings (SSSR count). The number of carbonyl (C=O) groups is 2. The molecule has 8 nitrogen and oxygen atoms in total. The Labute approximate surface area is 199 Å². The third kappa shape index (κ3) is 4.97. The predicted octanol–water partition coefficient (Wildman–Crippen LogP) is 4.32. The molecule has 0 bridgehead atoms. The number of amides is 2. The molecule has 0 unspecified atom stereocenters. The molecule has 174 valence electrons. The van der Waals surface area contributed by atoms with Crippen molar-refractivity contribution < 1.29 is 23.2 Å². The van der Waals surface area contributed by atoms with E-state index in [0.717, 1.165) is 5.56 Å². The topological polar surface area (TPSA) is 102 Å². The van der Waals surface area contributed by atoms with E-state index in [2.05, 4.69) is 5.32 Å². The van der Waals surface area contributed by atoms with Gasteiger partial charge < -0.3 is 23.8 Å². The van der Waals surface area contributed by atoms with E-state index < -0.39 is 11.5 Å². The molecule has 0 atom stereocenters. The van der Waals surface area contributed by atoms with Gasteiger partial charge in [0.15, 0.2) is 6.61 Å². The van der Waals surface area contributed by atoms with Crippen LogP contribution < -0.4 is 20.6 Å². The van der Waals surface area contributed by atoms with Crippen LogP contribution in [0.4, 0.5) is 5.69 Å². The molecule has 9 heteroatoms. The maximum Gasteiger partial charge on any atom is 0.336 e. The number of rotatable bonds is 7. The molecule has 0 saturated carbocycles. The van der Waals surface area contributed by atoms with Crippen LogP contribution in [0.25, 0.3) is 11.0 Å². The number of hydrogen-bond acceptors (Lipinski definition) is 6. The number of fused-ring (bicyclic) bond motifs is 1. The number of furan rings is 1. The van der Waals surface area contributed by atoms with Crippen molar-refractivity contribution in [2.24, 2.45) is 0 Å². The number of anilines is 1. The third-order valence-electron chi connectivity index (χ3n) is 5.24. The number of nitrogens with one attached hydrogen (secondary N) is 1. The molecule has 0 saturated heterocycles. The first-order valence-electron chi connectivity index (χ1n) is 10.4. The minimum atomic E-state index is -0.490. The Morgan fingerprint density at radius 3 is 2.68 bits per heavy atom. The van der Waals surface area contributed by atoms with Gasteiger partial charge in [0.25, 0.3) is 11.8 Å². The number of carbonyl (C=O) groups excluding carboxylic acids is 2. The zero-order valence-electron chi connectivity index (χ0n) is 18.5. The van der Waals surface area contributed by atoms with Gasteiger partial charge in [-0.2, -0.15) is 0 Å². The van der Waals surface area contributed by atoms with E-state index in [1.54, 1.807) is 56.4 Å². The monoisotopic (exact) mass is 480 g/mol. The molecule has 4 aromatic rings. The van der Waals surface area contributed by atoms with Crippen LogP contribution in [0.3, 0.4) is 0 Å². The van der Waals surface area contributed by atoms with E-state index in [9.17, 15) is 14.4 Å². The number of nitrogens with zero attached hydrogens (tertiary/aromatic N) is 1. The summed E-state index contributed by atoms with van der Waals surface area (Å²) < 4.78 is 16.1. The van der Waals surface area contributed by atoms with Crippen molar-refractivity contribution in [2.75, 3.05) is 18.6 Å². The lowest BCUT2D eigenvalue weighted by molar-refractivity contribution is -0.120. The minimum absolute atomic E-state index is 0.203. The van der Waals surface area contributed by atoms with Crippen LogP contribution in [-0.4, -0.2) is 25.5 Å². The zero-order chi connectivity index (χ0) is 24.2. The molecule has 2 aromatic carbocycles. The highest BCUT2D eigenvalue weighted by molar-refractivity contribution is 6.32. The number of benzene rings is 2. The van der Waals surface area contributed by atoms with Gasteiger partial charge in [0.2, 0.25) is 0 Å². The molecule has 2 heterocycles. The van der Waals surface area contributed by atoms with Crippen molar-refractivity contribution in [1.82, 2.24) is 5.32 Å². The number of para-hydroxylation sites is 1. The van der Waals surface area contributed by atoms with E-state index in [1.807, 2.05) is 0 Å². The zero-order valence-corrected chi connectivity index (χ0v) is 19.2. The first-order chi connectivity index (χ1) is 16.3. The molecule has 34 heavy (non-hydrogen) atoms. The van der Waals surface area contributed by atoms with Gasteiger partial charge in [0.05, 0.1) is 29.1 Å². The van der Waals surface area contributed by atoms with Crippen LogP contribution in [0.1, 0.15) is 21.7 Å². The Balaban J connectivity index is 1.48. The van der Waals surface area contributed by atoms with Gasteiger partial charge in [-0.25, -0.2) is 4.79 Å². The van der Waals surface area contributed by atoms with Crippen LogP contribution in [0.5, 0.6) is 5.75 Å². The summed E-state index contributed by atoms with van der Waals surface area (Å²) in [5, 5.41) is 3.72. The number of ether oxygens (including phenoxy) is 1. The molecule has 1 N–H and O–H groups in total. The molecule has 0 radical (unpaired) electrons. The largest absolute Gasteiger partial charge is 0.482 e. The SMILES string of the molecule is Cc1cc(=O)oc2cc(OCC(=O)N(C)c3ccccc3C(=O)NCc3ccco3)c(Cl)cc12. The molecule has 0 aliphatic heterocycles. The van der Waals surface area contributed by atoms with Crippen LogP contribution in [0.2, 0.25) is 5.02 Å². The first kappa shape index (κ1) is 23.1. The highest BCUT2D eigenvalue weighted by atomic mass is 35.5. The fourth-order valence-electron chi connectivity index (χ4n) is 3.43. The second-order valence-corrected chi connectivity index (χ2v) is 7.96. The van der Waals surface area contributed by atoms with Gasteiger partial charge in [0.1, 0.15) is 17.1 Å². The highest BCUT2D eigenvalue weighted by Crippen LogP contribution is 2.31. The van der Waals surface area contributed by atoms with Gasteiger partial charge in [-0.1, -0.05) is 23.7 Å². The van der Waals surface area contributed by atoms with E-state index in [-0.39, 0.29) is 29.8 Å². The number of aryl methyl sites for hydroxylation is 1. The van der Waals surface area contributed by atoms with Gasteiger partial charge >= 0.3 is 5.63 Å². The van der Waals surface area contributed by atoms with Crippen molar-refractivity contribution >= 4 is 40.1 Å². The fraction of sp³-hybridized carbons (Fsp3) is 0.160. The van der Waals surface area contributed by atoms with Crippen molar-refractivity contribution in [1.29, 1.82) is 0 Å². The van der Waals surface area contributed by atoms with Crippen LogP contribution in [0.15, 0.2) is 74.5 Å². The normalized spacial score (nSPS) is 10.8. The molecule has 0 aliphatic rings. The average molecular weight is 481 g/mol. The maximum atomic E-state index is 12.9. The van der Waals surface area contributed by atoms with Gasteiger partial charge in [0, 0.05) is 24.6 Å². The minimum Gasteiger partial charge on any atom is -0.482 e. The Hall–Kier alpha value is -4.04. The van der Waals surface area contributed by atoms with Crippen LogP contribution >= 0.6 is 11.6 Å². The van der Waals surface area contributed by atoms with Crippen molar-refractivity contribution in [2.45, 2.75) is 13.5 Å². The number of likely N-dealkylation sites (N-methyl/N-ethyl adjacent to an activating group) is 1. The van der Waals surface area contributed by atoms with Gasteiger partial charge in [-0.3, -0.25) is 9.59 Å². The molecule has 0 aliphatic carbocycles. The fourth-order valence-corrected chi connectivity index (χ4v) is 3.65. The second kappa shape index (κ2) is 9.84. The molecule has 2 amide bonds. The lowest BCUT2D eigenvalue weighted by atomic mass is 10.1. The van der Waals surface area contributed by atoms with Crippen molar-refractivity contribution in [3.05, 3.63) is 93.2 Å². The smallest absolute Gasteiger partial charge is 0.336 e. The van der Waals surface area contributed by atoms with Gasteiger partial charge in [-0.05, 0) is 42.8 Å². The van der Waals surface area contributed by atoms with Crippen molar-refractivity contribution in [3.63, 3.8) is 0 Å². The first-order valence-corrected chi connectivity index (χ1v) is 10.7. The second-order valence-electron chi connectivity index (χ2n) is 7.55. The summed E-state index contributed by atoms with van der Waals surface area (Å²) in [5.41, 5.74) is 1.28. The number of hydrogen-bond donors (Lipinski definition) is 1. The molecular weight excluding hydrogens is 460 g/mol. The summed E-state index contributed by atoms with van der Waals surface area (Å²) >= 11 is 6.31. The highest BCUT2D eigenvalue weighted by Gasteiger charge is 2.20. The molecule has 2 aromatic heterocycles. The van der Waals surface area contributed by atoms with Crippen LogP contribution in [-0.2, 0) is 11.3 Å². The maximum absolute atomic E-state index is 12.9. The standard InChI is InChI=1S/C25H21ClN2O6/c1-15-10-24(30)34-21-12-22(19(26)11-18(15)21)33-14-23(29)28(2)20-8-4-3-7-17(20)25(31)27-13-16-6-5-9-32-16/h3-12H,13-14H2,1-2H3,(H,27,31). The average Bonchev–Trinajstić information content (AvgIpc) is 3.35. The van der Waals surface area contributed by atoms with Gasteiger partial charge in [-0.15, -0.1) is 0 Å². The number of halogens is 1. The van der Waals surface area contributed by atoms with E-state index >= 15 is 0 Å².